The zero-order chi connectivity index (χ0) is 12.5. The van der Waals surface area contributed by atoms with Gasteiger partial charge in [0.25, 0.3) is 0 Å². The molecule has 0 heterocycles. The Morgan fingerprint density at radius 3 is 2.17 bits per heavy atom. The maximum atomic E-state index is 14.4. The third-order valence-electron chi connectivity index (χ3n) is 3.03. The fraction of sp³-hybridized carbons (Fsp3) is 0. The van der Waals surface area contributed by atoms with Crippen molar-refractivity contribution in [3.63, 3.8) is 0 Å². The molecule has 2 heteroatoms. The van der Waals surface area contributed by atoms with Crippen LogP contribution in [0.4, 0.5) is 8.78 Å². The van der Waals surface area contributed by atoms with Gasteiger partial charge >= 0.3 is 0 Å². The highest BCUT2D eigenvalue weighted by atomic mass is 19.1. The summed E-state index contributed by atoms with van der Waals surface area (Å²) >= 11 is 0. The van der Waals surface area contributed by atoms with E-state index in [9.17, 15) is 8.78 Å². The van der Waals surface area contributed by atoms with Crippen molar-refractivity contribution in [2.45, 2.75) is 0 Å². The lowest BCUT2D eigenvalue weighted by molar-refractivity contribution is 0.621. The van der Waals surface area contributed by atoms with Crippen molar-refractivity contribution in [3.05, 3.63) is 72.3 Å². The van der Waals surface area contributed by atoms with Gasteiger partial charge in [-0.3, -0.25) is 0 Å². The summed E-state index contributed by atoms with van der Waals surface area (Å²) in [7, 11) is 0. The summed E-state index contributed by atoms with van der Waals surface area (Å²) in [6, 6.07) is 16.8. The van der Waals surface area contributed by atoms with Crippen LogP contribution < -0.4 is 0 Å². The van der Waals surface area contributed by atoms with E-state index in [1.165, 1.54) is 6.07 Å². The first-order valence-electron chi connectivity index (χ1n) is 5.69. The Morgan fingerprint density at radius 2 is 1.33 bits per heavy atom. The smallest absolute Gasteiger partial charge is 0.138 e. The van der Waals surface area contributed by atoms with Crippen LogP contribution in [0.15, 0.2) is 60.7 Å². The normalized spacial score (nSPS) is 10.8. The summed E-state index contributed by atoms with van der Waals surface area (Å²) in [4.78, 5) is 0. The van der Waals surface area contributed by atoms with Crippen LogP contribution >= 0.6 is 0 Å². The summed E-state index contributed by atoms with van der Waals surface area (Å²) in [5.74, 6) is -0.787. The summed E-state index contributed by atoms with van der Waals surface area (Å²) in [6.07, 6.45) is 0. The molecule has 0 radical (unpaired) electrons. The number of halogens is 2. The lowest BCUT2D eigenvalue weighted by atomic mass is 10.00. The van der Waals surface area contributed by atoms with E-state index in [1.54, 1.807) is 42.5 Å². The summed E-state index contributed by atoms with van der Waals surface area (Å²) < 4.78 is 28.1. The minimum atomic E-state index is -0.410. The zero-order valence-corrected chi connectivity index (χ0v) is 9.53. The van der Waals surface area contributed by atoms with Crippen molar-refractivity contribution in [1.29, 1.82) is 0 Å². The quantitative estimate of drug-likeness (QED) is 0.574. The molecule has 0 fully saturated rings. The molecule has 18 heavy (non-hydrogen) atoms. The Balaban J connectivity index is 2.31. The maximum absolute atomic E-state index is 14.4. The molecule has 0 unspecified atom stereocenters. The highest BCUT2D eigenvalue weighted by Gasteiger charge is 2.11. The second-order valence-electron chi connectivity index (χ2n) is 4.13. The number of benzene rings is 3. The Kier molecular flexibility index (Phi) is 2.56. The zero-order valence-electron chi connectivity index (χ0n) is 9.53. The molecule has 0 aliphatic rings. The Morgan fingerprint density at radius 1 is 0.611 bits per heavy atom. The van der Waals surface area contributed by atoms with Crippen LogP contribution in [0.5, 0.6) is 0 Å². The lowest BCUT2D eigenvalue weighted by Gasteiger charge is -2.07. The second-order valence-corrected chi connectivity index (χ2v) is 4.13. The van der Waals surface area contributed by atoms with Gasteiger partial charge < -0.3 is 0 Å². The molecule has 0 aliphatic carbocycles. The summed E-state index contributed by atoms with van der Waals surface area (Å²) in [6.45, 7) is 0. The molecule has 0 spiro atoms. The number of hydrogen-bond donors (Lipinski definition) is 0. The molecule has 0 saturated heterocycles. The SMILES string of the molecule is Fc1ccccc1-c1ccc2ccccc2c1F. The Hall–Kier alpha value is -2.22. The van der Waals surface area contributed by atoms with Gasteiger partial charge in [-0.2, -0.15) is 0 Å². The fourth-order valence-electron chi connectivity index (χ4n) is 2.12. The third kappa shape index (κ3) is 1.66. The minimum Gasteiger partial charge on any atom is -0.206 e. The van der Waals surface area contributed by atoms with Crippen LogP contribution in [0.3, 0.4) is 0 Å². The highest BCUT2D eigenvalue weighted by molar-refractivity contribution is 5.88. The van der Waals surface area contributed by atoms with E-state index < -0.39 is 5.82 Å². The van der Waals surface area contributed by atoms with Crippen molar-refractivity contribution >= 4 is 10.8 Å². The largest absolute Gasteiger partial charge is 0.206 e. The van der Waals surface area contributed by atoms with E-state index in [2.05, 4.69) is 0 Å². The topological polar surface area (TPSA) is 0 Å². The molecule has 0 aromatic heterocycles. The van der Waals surface area contributed by atoms with Crippen molar-refractivity contribution in [2.24, 2.45) is 0 Å². The summed E-state index contributed by atoms with van der Waals surface area (Å²) in [5.41, 5.74) is 0.590. The van der Waals surface area contributed by atoms with E-state index >= 15 is 0 Å². The van der Waals surface area contributed by atoms with Crippen LogP contribution in [0.1, 0.15) is 0 Å². The summed E-state index contributed by atoms with van der Waals surface area (Å²) in [5, 5.41) is 1.33. The first-order chi connectivity index (χ1) is 8.77. The van der Waals surface area contributed by atoms with Crippen molar-refractivity contribution in [3.8, 4) is 11.1 Å². The number of fused-ring (bicyclic) bond motifs is 1. The van der Waals surface area contributed by atoms with Crippen LogP contribution in [0.2, 0.25) is 0 Å². The molecule has 3 aromatic rings. The Bertz CT molecular complexity index is 717. The van der Waals surface area contributed by atoms with E-state index in [0.29, 0.717) is 16.5 Å². The van der Waals surface area contributed by atoms with Crippen LogP contribution in [0, 0.1) is 11.6 Å². The molecule has 0 N–H and O–H groups in total. The van der Waals surface area contributed by atoms with E-state index in [4.69, 9.17) is 0 Å². The second kappa shape index (κ2) is 4.22. The number of hydrogen-bond acceptors (Lipinski definition) is 0. The highest BCUT2D eigenvalue weighted by Crippen LogP contribution is 2.30. The lowest BCUT2D eigenvalue weighted by Crippen LogP contribution is -1.89. The van der Waals surface area contributed by atoms with E-state index in [-0.39, 0.29) is 5.82 Å². The van der Waals surface area contributed by atoms with Gasteiger partial charge in [-0.25, -0.2) is 8.78 Å². The molecule has 88 valence electrons. The van der Waals surface area contributed by atoms with Crippen molar-refractivity contribution in [2.75, 3.05) is 0 Å². The molecule has 0 amide bonds. The van der Waals surface area contributed by atoms with E-state index in [0.717, 1.165) is 5.39 Å². The molecular formula is C16H10F2. The minimum absolute atomic E-state index is 0.292. The van der Waals surface area contributed by atoms with Crippen LogP contribution in [0.25, 0.3) is 21.9 Å². The predicted octanol–water partition coefficient (Wildman–Crippen LogP) is 4.79. The predicted molar refractivity (Wildman–Crippen MR) is 69.3 cm³/mol. The molecular weight excluding hydrogens is 230 g/mol. The van der Waals surface area contributed by atoms with Gasteiger partial charge in [-0.1, -0.05) is 54.6 Å². The molecule has 0 nitrogen and oxygen atoms in total. The standard InChI is InChI=1S/C16H10F2/c17-15-8-4-3-7-13(15)14-10-9-11-5-1-2-6-12(11)16(14)18/h1-10H. The van der Waals surface area contributed by atoms with Gasteiger partial charge in [0.05, 0.1) is 0 Å². The molecule has 0 bridgehead atoms. The maximum Gasteiger partial charge on any atom is 0.138 e. The van der Waals surface area contributed by atoms with Crippen LogP contribution in [-0.2, 0) is 0 Å². The number of rotatable bonds is 1. The fourth-order valence-corrected chi connectivity index (χ4v) is 2.12. The average molecular weight is 240 g/mol. The van der Waals surface area contributed by atoms with Gasteiger partial charge in [-0.15, -0.1) is 0 Å². The van der Waals surface area contributed by atoms with Gasteiger partial charge in [-0.05, 0) is 11.5 Å². The average Bonchev–Trinajstić information content (AvgIpc) is 2.41. The van der Waals surface area contributed by atoms with Gasteiger partial charge in [0, 0.05) is 16.5 Å². The Labute approximate surface area is 104 Å². The van der Waals surface area contributed by atoms with Gasteiger partial charge in [0.2, 0.25) is 0 Å². The molecule has 0 aliphatic heterocycles. The van der Waals surface area contributed by atoms with Crippen LogP contribution in [-0.4, -0.2) is 0 Å². The molecule has 0 atom stereocenters. The first kappa shape index (κ1) is 10.9. The van der Waals surface area contributed by atoms with Gasteiger partial charge in [0.1, 0.15) is 11.6 Å². The third-order valence-corrected chi connectivity index (χ3v) is 3.03. The van der Waals surface area contributed by atoms with E-state index in [1.807, 2.05) is 12.1 Å². The van der Waals surface area contributed by atoms with Gasteiger partial charge in [0.15, 0.2) is 0 Å². The molecule has 3 rings (SSSR count). The van der Waals surface area contributed by atoms with Crippen molar-refractivity contribution in [1.82, 2.24) is 0 Å². The first-order valence-corrected chi connectivity index (χ1v) is 5.69. The molecule has 3 aromatic carbocycles. The van der Waals surface area contributed by atoms with Crippen molar-refractivity contribution < 1.29 is 8.78 Å². The monoisotopic (exact) mass is 240 g/mol. The molecule has 0 saturated carbocycles.